The molecule has 2 aromatic rings. The van der Waals surface area contributed by atoms with Crippen molar-refractivity contribution < 1.29 is 4.74 Å². The smallest absolute Gasteiger partial charge is 0.145 e. The summed E-state index contributed by atoms with van der Waals surface area (Å²) in [6, 6.07) is 8.19. The van der Waals surface area contributed by atoms with E-state index in [-0.39, 0.29) is 0 Å². The van der Waals surface area contributed by atoms with Crippen molar-refractivity contribution >= 4 is 10.9 Å². The maximum Gasteiger partial charge on any atom is 0.145 e. The largest absolute Gasteiger partial charge is 0.491 e. The second kappa shape index (κ2) is 6.89. The topological polar surface area (TPSA) is 22.1 Å². The third-order valence-electron chi connectivity index (χ3n) is 2.28. The fourth-order valence-electron chi connectivity index (χ4n) is 1.62. The van der Waals surface area contributed by atoms with Gasteiger partial charge in [-0.3, -0.25) is 4.98 Å². The molecule has 0 N–H and O–H groups in total. The van der Waals surface area contributed by atoms with E-state index in [4.69, 9.17) is 4.74 Å². The molecule has 2 nitrogen and oxygen atoms in total. The van der Waals surface area contributed by atoms with E-state index in [0.717, 1.165) is 29.7 Å². The molecule has 0 spiro atoms. The van der Waals surface area contributed by atoms with Crippen molar-refractivity contribution in [2.75, 3.05) is 6.61 Å². The molecule has 0 unspecified atom stereocenters. The Morgan fingerprint density at radius 1 is 1.24 bits per heavy atom. The number of fused-ring (bicyclic) bond motifs is 1. The average molecular weight is 231 g/mol. The lowest BCUT2D eigenvalue weighted by Gasteiger charge is -2.08. The highest BCUT2D eigenvalue weighted by molar-refractivity contribution is 5.85. The number of rotatable bonds is 3. The fraction of sp³-hybridized carbons (Fsp3) is 0.400. The van der Waals surface area contributed by atoms with Gasteiger partial charge in [-0.05, 0) is 37.1 Å². The minimum atomic E-state index is 0.745. The van der Waals surface area contributed by atoms with Gasteiger partial charge in [-0.2, -0.15) is 0 Å². The molecule has 2 rings (SSSR count). The Labute approximate surface area is 104 Å². The molecule has 0 aliphatic rings. The zero-order valence-electron chi connectivity index (χ0n) is 11.2. The van der Waals surface area contributed by atoms with E-state index in [1.807, 2.05) is 26.0 Å². The molecular weight excluding hydrogens is 210 g/mol. The zero-order valence-corrected chi connectivity index (χ0v) is 11.2. The lowest BCUT2D eigenvalue weighted by molar-refractivity contribution is 0.320. The summed E-state index contributed by atoms with van der Waals surface area (Å²) in [6.07, 6.45) is 2.82. The number of ether oxygens (including phenoxy) is 1. The second-order valence-electron chi connectivity index (χ2n) is 3.69. The Hall–Kier alpha value is -1.57. The van der Waals surface area contributed by atoms with E-state index in [1.165, 1.54) is 5.56 Å². The molecule has 0 saturated heterocycles. The van der Waals surface area contributed by atoms with E-state index >= 15 is 0 Å². The molecule has 0 amide bonds. The Kier molecular flexibility index (Phi) is 5.47. The van der Waals surface area contributed by atoms with Crippen LogP contribution in [0.2, 0.25) is 0 Å². The highest BCUT2D eigenvalue weighted by Gasteiger charge is 2.03. The Balaban J connectivity index is 0.000000686. The quantitative estimate of drug-likeness (QED) is 0.783. The number of hydrogen-bond acceptors (Lipinski definition) is 2. The van der Waals surface area contributed by atoms with E-state index in [9.17, 15) is 0 Å². The average Bonchev–Trinajstić information content (AvgIpc) is 2.38. The van der Waals surface area contributed by atoms with Crippen molar-refractivity contribution in [3.63, 3.8) is 0 Å². The molecule has 0 atom stereocenters. The molecule has 0 fully saturated rings. The lowest BCUT2D eigenvalue weighted by atomic mass is 10.1. The molecule has 0 bridgehead atoms. The van der Waals surface area contributed by atoms with Gasteiger partial charge in [0.05, 0.1) is 6.61 Å². The summed E-state index contributed by atoms with van der Waals surface area (Å²) in [6.45, 7) is 8.92. The lowest BCUT2D eigenvalue weighted by Crippen LogP contribution is -1.97. The summed E-state index contributed by atoms with van der Waals surface area (Å²) in [5.41, 5.74) is 2.16. The molecular formula is C15H21NO. The molecule has 1 heterocycles. The van der Waals surface area contributed by atoms with Gasteiger partial charge in [0.15, 0.2) is 0 Å². The molecule has 17 heavy (non-hydrogen) atoms. The minimum Gasteiger partial charge on any atom is -0.491 e. The number of aryl methyl sites for hydroxylation is 1. The first-order valence-corrected chi connectivity index (χ1v) is 6.29. The Morgan fingerprint density at radius 2 is 2.00 bits per heavy atom. The van der Waals surface area contributed by atoms with Crippen LogP contribution in [0.25, 0.3) is 10.9 Å². The van der Waals surface area contributed by atoms with Gasteiger partial charge in [0.2, 0.25) is 0 Å². The molecule has 1 aromatic carbocycles. The Bertz CT molecular complexity index is 465. The van der Waals surface area contributed by atoms with Gasteiger partial charge in [0, 0.05) is 11.6 Å². The van der Waals surface area contributed by atoms with Gasteiger partial charge < -0.3 is 4.74 Å². The van der Waals surface area contributed by atoms with Crippen LogP contribution in [0.5, 0.6) is 5.75 Å². The van der Waals surface area contributed by atoms with Crippen LogP contribution in [0.15, 0.2) is 30.5 Å². The number of aromatic nitrogens is 1. The van der Waals surface area contributed by atoms with Crippen LogP contribution < -0.4 is 4.74 Å². The fourth-order valence-corrected chi connectivity index (χ4v) is 1.62. The second-order valence-corrected chi connectivity index (χ2v) is 3.69. The van der Waals surface area contributed by atoms with Gasteiger partial charge >= 0.3 is 0 Å². The molecule has 1 aromatic heterocycles. The number of pyridine rings is 1. The van der Waals surface area contributed by atoms with Crippen LogP contribution in [0.1, 0.15) is 32.8 Å². The van der Waals surface area contributed by atoms with Crippen molar-refractivity contribution in [2.45, 2.75) is 34.1 Å². The Morgan fingerprint density at radius 3 is 2.71 bits per heavy atom. The molecule has 0 radical (unpaired) electrons. The van der Waals surface area contributed by atoms with Crippen molar-refractivity contribution in [2.24, 2.45) is 0 Å². The summed E-state index contributed by atoms with van der Waals surface area (Å²) >= 11 is 0. The van der Waals surface area contributed by atoms with E-state index in [0.29, 0.717) is 0 Å². The number of hydrogen-bond donors (Lipinski definition) is 0. The third kappa shape index (κ3) is 3.45. The van der Waals surface area contributed by atoms with E-state index in [2.05, 4.69) is 31.0 Å². The predicted molar refractivity (Wildman–Crippen MR) is 73.6 cm³/mol. The number of benzene rings is 1. The molecule has 2 heteroatoms. The molecule has 0 aliphatic carbocycles. The van der Waals surface area contributed by atoms with Gasteiger partial charge in [-0.1, -0.05) is 26.8 Å². The third-order valence-corrected chi connectivity index (χ3v) is 2.28. The predicted octanol–water partition coefficient (Wildman–Crippen LogP) is 4.36. The van der Waals surface area contributed by atoms with Crippen LogP contribution in [0.4, 0.5) is 0 Å². The summed E-state index contributed by atoms with van der Waals surface area (Å²) in [4.78, 5) is 4.35. The maximum absolute atomic E-state index is 5.69. The van der Waals surface area contributed by atoms with Crippen LogP contribution in [0, 0.1) is 6.92 Å². The van der Waals surface area contributed by atoms with Crippen LogP contribution in [-0.2, 0) is 0 Å². The van der Waals surface area contributed by atoms with E-state index in [1.54, 1.807) is 6.20 Å². The van der Waals surface area contributed by atoms with Crippen molar-refractivity contribution in [1.29, 1.82) is 0 Å². The molecule has 0 saturated carbocycles. The highest BCUT2D eigenvalue weighted by atomic mass is 16.5. The first-order valence-electron chi connectivity index (χ1n) is 6.29. The summed E-state index contributed by atoms with van der Waals surface area (Å²) < 4.78 is 5.69. The van der Waals surface area contributed by atoms with Gasteiger partial charge in [-0.15, -0.1) is 0 Å². The highest BCUT2D eigenvalue weighted by Crippen LogP contribution is 2.25. The summed E-state index contributed by atoms with van der Waals surface area (Å²) in [5.74, 6) is 0.896. The van der Waals surface area contributed by atoms with Crippen LogP contribution >= 0.6 is 0 Å². The first-order chi connectivity index (χ1) is 8.31. The monoisotopic (exact) mass is 231 g/mol. The van der Waals surface area contributed by atoms with Crippen molar-refractivity contribution in [1.82, 2.24) is 4.98 Å². The standard InChI is InChI=1S/C13H15NO.C2H6/c1-3-7-15-12-9-10(2)8-11-5-4-6-14-13(11)12;1-2/h4-6,8-9H,3,7H2,1-2H3;1-2H3. The van der Waals surface area contributed by atoms with Gasteiger partial charge in [0.25, 0.3) is 0 Å². The van der Waals surface area contributed by atoms with E-state index < -0.39 is 0 Å². The molecule has 0 aliphatic heterocycles. The van der Waals surface area contributed by atoms with Crippen LogP contribution in [-0.4, -0.2) is 11.6 Å². The molecule has 92 valence electrons. The normalized spacial score (nSPS) is 9.65. The summed E-state index contributed by atoms with van der Waals surface area (Å²) in [7, 11) is 0. The SMILES string of the molecule is CC.CCCOc1cc(C)cc2cccnc12. The maximum atomic E-state index is 5.69. The first kappa shape index (κ1) is 13.5. The van der Waals surface area contributed by atoms with Gasteiger partial charge in [0.1, 0.15) is 11.3 Å². The summed E-state index contributed by atoms with van der Waals surface area (Å²) in [5, 5.41) is 1.14. The van der Waals surface area contributed by atoms with Crippen molar-refractivity contribution in [3.05, 3.63) is 36.0 Å². The van der Waals surface area contributed by atoms with Crippen LogP contribution in [0.3, 0.4) is 0 Å². The minimum absolute atomic E-state index is 0.745. The van der Waals surface area contributed by atoms with Crippen molar-refractivity contribution in [3.8, 4) is 5.75 Å². The van der Waals surface area contributed by atoms with Gasteiger partial charge in [-0.25, -0.2) is 0 Å². The zero-order chi connectivity index (χ0) is 12.7. The number of nitrogens with zero attached hydrogens (tertiary/aromatic N) is 1.